The summed E-state index contributed by atoms with van der Waals surface area (Å²) < 4.78 is 1.76. The average molecular weight is 251 g/mol. The number of carboxylic acid groups (broad SMARTS) is 1. The molecule has 2 rings (SSSR count). The number of carbonyl (C=O) groups is 2. The van der Waals surface area contributed by atoms with Crippen molar-refractivity contribution in [3.8, 4) is 0 Å². The topological polar surface area (TPSA) is 75.4 Å². The molecule has 0 saturated carbocycles. The molecule has 1 unspecified atom stereocenters. The Kier molecular flexibility index (Phi) is 3.36. The van der Waals surface area contributed by atoms with Crippen LogP contribution in [0.5, 0.6) is 0 Å². The van der Waals surface area contributed by atoms with Crippen LogP contribution in [0.2, 0.25) is 0 Å². The second-order valence-corrected chi connectivity index (χ2v) is 4.85. The summed E-state index contributed by atoms with van der Waals surface area (Å²) in [5.41, 5.74) is 0.680. The highest BCUT2D eigenvalue weighted by Gasteiger charge is 2.31. The Morgan fingerprint density at radius 2 is 2.28 bits per heavy atom. The predicted molar refractivity (Wildman–Crippen MR) is 65.3 cm³/mol. The quantitative estimate of drug-likeness (QED) is 0.878. The Morgan fingerprint density at radius 1 is 1.56 bits per heavy atom. The van der Waals surface area contributed by atoms with E-state index in [1.165, 1.54) is 4.90 Å². The number of carboxylic acids is 1. The van der Waals surface area contributed by atoms with Crippen molar-refractivity contribution >= 4 is 17.6 Å². The van der Waals surface area contributed by atoms with Crippen molar-refractivity contribution in [3.63, 3.8) is 0 Å². The molecule has 1 fully saturated rings. The van der Waals surface area contributed by atoms with Gasteiger partial charge < -0.3 is 10.0 Å². The highest BCUT2D eigenvalue weighted by molar-refractivity contribution is 5.95. The molecule has 0 spiro atoms. The SMILES string of the molecule is CC(C)n1cc(N2CC(C(=O)O)CCC2=O)cn1. The molecule has 18 heavy (non-hydrogen) atoms. The van der Waals surface area contributed by atoms with Gasteiger partial charge in [0.25, 0.3) is 0 Å². The summed E-state index contributed by atoms with van der Waals surface area (Å²) in [5, 5.41) is 13.2. The van der Waals surface area contributed by atoms with E-state index in [0.29, 0.717) is 12.1 Å². The van der Waals surface area contributed by atoms with E-state index in [0.717, 1.165) is 0 Å². The number of carbonyl (C=O) groups excluding carboxylic acids is 1. The molecule has 6 nitrogen and oxygen atoms in total. The molecular weight excluding hydrogens is 234 g/mol. The van der Waals surface area contributed by atoms with Crippen molar-refractivity contribution < 1.29 is 14.7 Å². The van der Waals surface area contributed by atoms with Crippen LogP contribution in [0, 0.1) is 5.92 Å². The van der Waals surface area contributed by atoms with E-state index in [9.17, 15) is 9.59 Å². The summed E-state index contributed by atoms with van der Waals surface area (Å²) in [4.78, 5) is 24.4. The molecule has 1 aromatic heterocycles. The summed E-state index contributed by atoms with van der Waals surface area (Å²) in [6, 6.07) is 0.217. The van der Waals surface area contributed by atoms with Crippen LogP contribution in [0.15, 0.2) is 12.4 Å². The number of amides is 1. The molecular formula is C12H17N3O3. The van der Waals surface area contributed by atoms with Gasteiger partial charge in [-0.3, -0.25) is 14.3 Å². The molecule has 1 saturated heterocycles. The van der Waals surface area contributed by atoms with Crippen LogP contribution in [0.25, 0.3) is 0 Å². The largest absolute Gasteiger partial charge is 0.481 e. The van der Waals surface area contributed by atoms with Gasteiger partial charge in [0.05, 0.1) is 17.8 Å². The third-order valence-corrected chi connectivity index (χ3v) is 3.19. The van der Waals surface area contributed by atoms with Crippen LogP contribution in [0.3, 0.4) is 0 Å². The third kappa shape index (κ3) is 2.37. The number of hydrogen-bond acceptors (Lipinski definition) is 3. The monoisotopic (exact) mass is 251 g/mol. The lowest BCUT2D eigenvalue weighted by Crippen LogP contribution is -2.42. The molecule has 0 radical (unpaired) electrons. The molecule has 1 N–H and O–H groups in total. The van der Waals surface area contributed by atoms with E-state index in [1.54, 1.807) is 17.1 Å². The van der Waals surface area contributed by atoms with Crippen molar-refractivity contribution in [3.05, 3.63) is 12.4 Å². The van der Waals surface area contributed by atoms with Gasteiger partial charge in [-0.2, -0.15) is 5.10 Å². The summed E-state index contributed by atoms with van der Waals surface area (Å²) in [6.45, 7) is 4.22. The molecule has 1 aliphatic heterocycles. The first-order chi connectivity index (χ1) is 8.49. The zero-order chi connectivity index (χ0) is 13.3. The van der Waals surface area contributed by atoms with Crippen LogP contribution >= 0.6 is 0 Å². The fraction of sp³-hybridized carbons (Fsp3) is 0.583. The van der Waals surface area contributed by atoms with Crippen LogP contribution in [0.1, 0.15) is 32.7 Å². The third-order valence-electron chi connectivity index (χ3n) is 3.19. The van der Waals surface area contributed by atoms with Gasteiger partial charge in [0, 0.05) is 25.2 Å². The predicted octanol–water partition coefficient (Wildman–Crippen LogP) is 1.29. The highest BCUT2D eigenvalue weighted by Crippen LogP contribution is 2.24. The van der Waals surface area contributed by atoms with E-state index in [4.69, 9.17) is 5.11 Å². The molecule has 6 heteroatoms. The fourth-order valence-corrected chi connectivity index (χ4v) is 2.05. The smallest absolute Gasteiger partial charge is 0.308 e. The second kappa shape index (κ2) is 4.80. The first kappa shape index (κ1) is 12.6. The van der Waals surface area contributed by atoms with Crippen molar-refractivity contribution in [2.75, 3.05) is 11.4 Å². The van der Waals surface area contributed by atoms with E-state index >= 15 is 0 Å². The van der Waals surface area contributed by atoms with Crippen molar-refractivity contribution in [1.29, 1.82) is 0 Å². The maximum Gasteiger partial charge on any atom is 0.308 e. The van der Waals surface area contributed by atoms with Gasteiger partial charge in [0.2, 0.25) is 5.91 Å². The minimum absolute atomic E-state index is 0.0317. The molecule has 1 amide bonds. The highest BCUT2D eigenvalue weighted by atomic mass is 16.4. The van der Waals surface area contributed by atoms with E-state index in [2.05, 4.69) is 5.10 Å². The lowest BCUT2D eigenvalue weighted by molar-refractivity contribution is -0.142. The molecule has 2 heterocycles. The lowest BCUT2D eigenvalue weighted by atomic mass is 9.97. The first-order valence-corrected chi connectivity index (χ1v) is 6.06. The number of anilines is 1. The Labute approximate surface area is 105 Å². The number of aromatic nitrogens is 2. The Morgan fingerprint density at radius 3 is 2.83 bits per heavy atom. The van der Waals surface area contributed by atoms with E-state index < -0.39 is 11.9 Å². The summed E-state index contributed by atoms with van der Waals surface area (Å²) in [5.74, 6) is -1.36. The van der Waals surface area contributed by atoms with Gasteiger partial charge in [-0.05, 0) is 20.3 Å². The molecule has 0 aliphatic carbocycles. The summed E-state index contributed by atoms with van der Waals surface area (Å²) in [7, 11) is 0. The number of piperidine rings is 1. The zero-order valence-corrected chi connectivity index (χ0v) is 10.5. The van der Waals surface area contributed by atoms with Gasteiger partial charge in [0.1, 0.15) is 0 Å². The minimum atomic E-state index is -0.844. The van der Waals surface area contributed by atoms with Crippen molar-refractivity contribution in [2.45, 2.75) is 32.7 Å². The normalized spacial score (nSPS) is 20.5. The zero-order valence-electron chi connectivity index (χ0n) is 10.5. The molecule has 0 aromatic carbocycles. The Hall–Kier alpha value is -1.85. The van der Waals surface area contributed by atoms with Gasteiger partial charge in [-0.25, -0.2) is 0 Å². The van der Waals surface area contributed by atoms with Crippen LogP contribution in [-0.2, 0) is 9.59 Å². The molecule has 0 bridgehead atoms. The van der Waals surface area contributed by atoms with E-state index in [-0.39, 0.29) is 24.9 Å². The van der Waals surface area contributed by atoms with Crippen molar-refractivity contribution in [1.82, 2.24) is 9.78 Å². The minimum Gasteiger partial charge on any atom is -0.481 e. The second-order valence-electron chi connectivity index (χ2n) is 4.85. The lowest BCUT2D eigenvalue weighted by Gasteiger charge is -2.29. The standard InChI is InChI=1S/C12H17N3O3/c1-8(2)15-7-10(5-13-15)14-6-9(12(17)18)3-4-11(14)16/h5,7-9H,3-4,6H2,1-2H3,(H,17,18). The maximum atomic E-state index is 11.8. The van der Waals surface area contributed by atoms with Gasteiger partial charge in [-0.1, -0.05) is 0 Å². The van der Waals surface area contributed by atoms with Crippen LogP contribution < -0.4 is 4.90 Å². The average Bonchev–Trinajstić information content (AvgIpc) is 2.78. The number of rotatable bonds is 3. The number of hydrogen-bond donors (Lipinski definition) is 1. The van der Waals surface area contributed by atoms with Gasteiger partial charge in [0.15, 0.2) is 0 Å². The first-order valence-electron chi connectivity index (χ1n) is 6.06. The molecule has 1 atom stereocenters. The fourth-order valence-electron chi connectivity index (χ4n) is 2.05. The molecule has 98 valence electrons. The van der Waals surface area contributed by atoms with Crippen LogP contribution in [-0.4, -0.2) is 33.3 Å². The van der Waals surface area contributed by atoms with Gasteiger partial charge >= 0.3 is 5.97 Å². The number of aliphatic carboxylic acids is 1. The van der Waals surface area contributed by atoms with Gasteiger partial charge in [-0.15, -0.1) is 0 Å². The maximum absolute atomic E-state index is 11.8. The molecule has 1 aromatic rings. The number of nitrogens with zero attached hydrogens (tertiary/aromatic N) is 3. The van der Waals surface area contributed by atoms with Crippen molar-refractivity contribution in [2.24, 2.45) is 5.92 Å². The summed E-state index contributed by atoms with van der Waals surface area (Å²) in [6.07, 6.45) is 4.10. The van der Waals surface area contributed by atoms with E-state index in [1.807, 2.05) is 13.8 Å². The Balaban J connectivity index is 2.18. The Bertz CT molecular complexity index is 467. The van der Waals surface area contributed by atoms with Crippen LogP contribution in [0.4, 0.5) is 5.69 Å². The summed E-state index contributed by atoms with van der Waals surface area (Å²) >= 11 is 0. The molecule has 1 aliphatic rings.